The number of hydrogen-bond acceptors (Lipinski definition) is 6. The third-order valence-corrected chi connectivity index (χ3v) is 1.82. The van der Waals surface area contributed by atoms with Gasteiger partial charge in [0.25, 0.3) is 0 Å². The number of aliphatic carboxylic acids is 3. The molecule has 9 nitrogen and oxygen atoms in total. The topological polar surface area (TPSA) is 173 Å². The van der Waals surface area contributed by atoms with Crippen LogP contribution in [0.5, 0.6) is 0 Å². The Balaban J connectivity index is -0.000000261. The van der Waals surface area contributed by atoms with Gasteiger partial charge in [-0.3, -0.25) is 9.59 Å². The van der Waals surface area contributed by atoms with Crippen molar-refractivity contribution in [2.24, 2.45) is 0 Å². The van der Waals surface area contributed by atoms with E-state index in [0.717, 1.165) is 0 Å². The molecule has 0 aliphatic carbocycles. The fourth-order valence-corrected chi connectivity index (χ4v) is 0.610. The Hall–Kier alpha value is -1.97. The minimum absolute atomic E-state index is 0.0628. The molecular formula is C13H24O9. The molecule has 0 spiro atoms. The number of aliphatic hydroxyl groups excluding tert-OH is 3. The maximum absolute atomic E-state index is 9.90. The summed E-state index contributed by atoms with van der Waals surface area (Å²) in [6.07, 6.45) is 0.0640. The quantitative estimate of drug-likeness (QED) is 0.259. The summed E-state index contributed by atoms with van der Waals surface area (Å²) in [6.45, 7) is 3.87. The van der Waals surface area contributed by atoms with Crippen LogP contribution in [0.1, 0.15) is 32.6 Å². The van der Waals surface area contributed by atoms with Crippen LogP contribution in [0.25, 0.3) is 0 Å². The van der Waals surface area contributed by atoms with Gasteiger partial charge in [-0.05, 0) is 19.8 Å². The molecule has 0 heterocycles. The Bertz CT molecular complexity index is 306. The maximum atomic E-state index is 9.90. The zero-order valence-electron chi connectivity index (χ0n) is 12.4. The Labute approximate surface area is 128 Å². The van der Waals surface area contributed by atoms with Crippen molar-refractivity contribution in [3.05, 3.63) is 12.2 Å². The van der Waals surface area contributed by atoms with Crippen molar-refractivity contribution in [3.8, 4) is 0 Å². The van der Waals surface area contributed by atoms with Crippen LogP contribution in [-0.4, -0.2) is 67.9 Å². The molecule has 0 rings (SSSR count). The van der Waals surface area contributed by atoms with Gasteiger partial charge < -0.3 is 30.6 Å². The highest BCUT2D eigenvalue weighted by Gasteiger charge is 1.99. The van der Waals surface area contributed by atoms with Crippen LogP contribution >= 0.6 is 0 Å². The smallest absolute Gasteiger partial charge is 0.330 e. The van der Waals surface area contributed by atoms with Crippen LogP contribution in [-0.2, 0) is 14.4 Å². The first-order chi connectivity index (χ1) is 10.1. The highest BCUT2D eigenvalue weighted by Crippen LogP contribution is 1.98. The fraction of sp³-hybridized carbons (Fsp3) is 0.615. The second-order valence-electron chi connectivity index (χ2n) is 4.10. The number of carbonyl (C=O) groups is 3. The standard InChI is InChI=1S/C6H10O4.C4H6O2.C3H8O3/c7-5(8)3-1-2-4-6(9)10;1-3(2)4(5)6;4-1-3(6)2-5/h1-4H2,(H,7,8)(H,9,10);1H2,2H3,(H,5,6);3-6H,1-2H2. The maximum Gasteiger partial charge on any atom is 0.330 e. The molecule has 0 atom stereocenters. The molecule has 9 heteroatoms. The molecular weight excluding hydrogens is 300 g/mol. The first-order valence-corrected chi connectivity index (χ1v) is 6.30. The highest BCUT2D eigenvalue weighted by molar-refractivity contribution is 5.84. The summed E-state index contributed by atoms with van der Waals surface area (Å²) in [4.78, 5) is 29.4. The molecule has 0 aromatic rings. The van der Waals surface area contributed by atoms with E-state index in [0.29, 0.717) is 12.8 Å². The van der Waals surface area contributed by atoms with Crippen molar-refractivity contribution in [1.82, 2.24) is 0 Å². The zero-order valence-corrected chi connectivity index (χ0v) is 12.4. The second kappa shape index (κ2) is 17.1. The largest absolute Gasteiger partial charge is 0.481 e. The number of unbranched alkanes of at least 4 members (excludes halogenated alkanes) is 1. The third-order valence-electron chi connectivity index (χ3n) is 1.82. The summed E-state index contributed by atoms with van der Waals surface area (Å²) in [5.41, 5.74) is 0.176. The molecule has 0 saturated heterocycles. The van der Waals surface area contributed by atoms with Gasteiger partial charge >= 0.3 is 17.9 Å². The summed E-state index contributed by atoms with van der Waals surface area (Å²) in [7, 11) is 0. The highest BCUT2D eigenvalue weighted by atomic mass is 16.4. The van der Waals surface area contributed by atoms with Gasteiger partial charge in [0.05, 0.1) is 13.2 Å². The molecule has 0 aromatic heterocycles. The van der Waals surface area contributed by atoms with E-state index in [9.17, 15) is 14.4 Å². The van der Waals surface area contributed by atoms with Crippen molar-refractivity contribution < 1.29 is 45.0 Å². The number of rotatable bonds is 8. The lowest BCUT2D eigenvalue weighted by atomic mass is 10.2. The van der Waals surface area contributed by atoms with E-state index in [-0.39, 0.29) is 31.6 Å². The van der Waals surface area contributed by atoms with E-state index >= 15 is 0 Å². The predicted molar refractivity (Wildman–Crippen MR) is 76.4 cm³/mol. The van der Waals surface area contributed by atoms with E-state index in [1.165, 1.54) is 6.92 Å². The average Bonchev–Trinajstić information content (AvgIpc) is 2.43. The van der Waals surface area contributed by atoms with Crippen LogP contribution in [0.4, 0.5) is 0 Å². The van der Waals surface area contributed by atoms with E-state index < -0.39 is 24.0 Å². The molecule has 22 heavy (non-hydrogen) atoms. The van der Waals surface area contributed by atoms with Crippen LogP contribution < -0.4 is 0 Å². The molecule has 0 amide bonds. The number of aliphatic hydroxyl groups is 3. The molecule has 0 fully saturated rings. The van der Waals surface area contributed by atoms with Gasteiger partial charge in [-0.1, -0.05) is 6.58 Å². The summed E-state index contributed by atoms with van der Waals surface area (Å²) in [5, 5.41) is 48.2. The van der Waals surface area contributed by atoms with E-state index in [1.807, 2.05) is 0 Å². The van der Waals surface area contributed by atoms with Gasteiger partial charge in [-0.25, -0.2) is 4.79 Å². The van der Waals surface area contributed by atoms with Crippen LogP contribution in [0, 0.1) is 0 Å². The number of carboxylic acids is 3. The molecule has 6 N–H and O–H groups in total. The SMILES string of the molecule is C=C(C)C(=O)O.O=C(O)CCCCC(=O)O.OCC(O)CO. The van der Waals surface area contributed by atoms with Gasteiger partial charge in [0.15, 0.2) is 0 Å². The Morgan fingerprint density at radius 2 is 1.18 bits per heavy atom. The van der Waals surface area contributed by atoms with Gasteiger partial charge in [0, 0.05) is 18.4 Å². The molecule has 0 aliphatic heterocycles. The Morgan fingerprint density at radius 1 is 0.909 bits per heavy atom. The predicted octanol–water partition coefficient (Wildman–Crippen LogP) is -0.305. The fourth-order valence-electron chi connectivity index (χ4n) is 0.610. The van der Waals surface area contributed by atoms with E-state index in [4.69, 9.17) is 30.6 Å². The van der Waals surface area contributed by atoms with Crippen LogP contribution in [0.3, 0.4) is 0 Å². The van der Waals surface area contributed by atoms with Crippen LogP contribution in [0.15, 0.2) is 12.2 Å². The summed E-state index contributed by atoms with van der Waals surface area (Å²) < 4.78 is 0. The monoisotopic (exact) mass is 324 g/mol. The molecule has 0 aromatic carbocycles. The van der Waals surface area contributed by atoms with Gasteiger partial charge in [0.2, 0.25) is 0 Å². The summed E-state index contributed by atoms with van der Waals surface area (Å²) in [5.74, 6) is -2.68. The Morgan fingerprint density at radius 3 is 1.27 bits per heavy atom. The van der Waals surface area contributed by atoms with Gasteiger partial charge in [-0.2, -0.15) is 0 Å². The molecule has 130 valence electrons. The lowest BCUT2D eigenvalue weighted by Crippen LogP contribution is -2.15. The van der Waals surface area contributed by atoms with Gasteiger partial charge in [-0.15, -0.1) is 0 Å². The first kappa shape index (κ1) is 25.0. The average molecular weight is 324 g/mol. The first-order valence-electron chi connectivity index (χ1n) is 6.30. The minimum atomic E-state index is -0.954. The van der Waals surface area contributed by atoms with Crippen molar-refractivity contribution in [1.29, 1.82) is 0 Å². The molecule has 0 radical (unpaired) electrons. The lowest BCUT2D eigenvalue weighted by molar-refractivity contribution is -0.139. The zero-order chi connectivity index (χ0) is 18.1. The lowest BCUT2D eigenvalue weighted by Gasteiger charge is -1.96. The van der Waals surface area contributed by atoms with E-state index in [2.05, 4.69) is 6.58 Å². The molecule has 0 unspecified atom stereocenters. The minimum Gasteiger partial charge on any atom is -0.481 e. The normalized spacial score (nSPS) is 8.95. The van der Waals surface area contributed by atoms with Gasteiger partial charge in [0.1, 0.15) is 6.10 Å². The second-order valence-corrected chi connectivity index (χ2v) is 4.10. The molecule has 0 bridgehead atoms. The van der Waals surface area contributed by atoms with Crippen molar-refractivity contribution in [2.45, 2.75) is 38.7 Å². The molecule has 0 saturated carbocycles. The van der Waals surface area contributed by atoms with Crippen LogP contribution in [0.2, 0.25) is 0 Å². The van der Waals surface area contributed by atoms with Crippen molar-refractivity contribution >= 4 is 17.9 Å². The third kappa shape index (κ3) is 30.8. The summed E-state index contributed by atoms with van der Waals surface area (Å²) >= 11 is 0. The Kier molecular flexibility index (Phi) is 19.4. The van der Waals surface area contributed by atoms with Crippen molar-refractivity contribution in [3.63, 3.8) is 0 Å². The number of hydrogen-bond donors (Lipinski definition) is 6. The summed E-state index contributed by atoms with van der Waals surface area (Å²) in [6, 6.07) is 0. The van der Waals surface area contributed by atoms with Crippen molar-refractivity contribution in [2.75, 3.05) is 13.2 Å². The van der Waals surface area contributed by atoms with E-state index in [1.54, 1.807) is 0 Å². The molecule has 0 aliphatic rings. The number of carboxylic acid groups (broad SMARTS) is 3.